The third-order valence-electron chi connectivity index (χ3n) is 15.8. The molecule has 0 amide bonds. The number of carboxylic acids is 1. The molecule has 6 heterocycles. The van der Waals surface area contributed by atoms with E-state index in [2.05, 4.69) is 41.5 Å². The van der Waals surface area contributed by atoms with Crippen molar-refractivity contribution in [3.05, 3.63) is 11.6 Å². The number of rotatable bonds is 13. The van der Waals surface area contributed by atoms with Crippen LogP contribution in [0.5, 0.6) is 0 Å². The molecule has 6 aliphatic rings. The third-order valence-corrected chi connectivity index (χ3v) is 15.8. The smallest absolute Gasteiger partial charge is 0.550 e. The molecule has 0 aromatic rings. The summed E-state index contributed by atoms with van der Waals surface area (Å²) in [4.78, 5) is 24.9. The van der Waals surface area contributed by atoms with Gasteiger partial charge in [0.25, 0.3) is 0 Å². The fourth-order valence-corrected chi connectivity index (χ4v) is 11.7. The Morgan fingerprint density at radius 3 is 2.21 bits per heavy atom. The van der Waals surface area contributed by atoms with Crippen LogP contribution >= 0.6 is 0 Å². The Labute approximate surface area is 387 Å². The predicted molar refractivity (Wildman–Crippen MR) is 220 cm³/mol. The minimum Gasteiger partial charge on any atom is -0.550 e. The maximum Gasteiger partial charge on any atom is 1.00 e. The van der Waals surface area contributed by atoms with Crippen molar-refractivity contribution < 1.29 is 92.4 Å². The summed E-state index contributed by atoms with van der Waals surface area (Å²) in [5.74, 6) is -6.20. The minimum atomic E-state index is -1.61. The van der Waals surface area contributed by atoms with Gasteiger partial charge in [-0.1, -0.05) is 61.5 Å². The summed E-state index contributed by atoms with van der Waals surface area (Å²) in [6.07, 6.45) is 6.53. The maximum absolute atomic E-state index is 13.5. The molecule has 0 aliphatic carbocycles. The number of aliphatic hydroxyl groups excluding tert-OH is 1. The molecule has 6 fully saturated rings. The molecule has 2 N–H and O–H groups in total. The van der Waals surface area contributed by atoms with Gasteiger partial charge in [-0.25, -0.2) is 0 Å². The number of aliphatic carboxylic acids is 1. The average molecular weight is 873 g/mol. The SMILES string of the molecule is COC1CCC(O[C@@H]2C[C@@H]([C@@H](C)/C=C(\C)C(=O)[C@H](C)C[C@H](C)C(=O)[O-])O[C@@]3(CC[C@@](C)(C4CC[C@@H](C)[C@]5(O4)O[C@@H]([C@H]4O[C@@](O)(CO)[C@H](C)C[C@@H]4C)C[C@@H]5C)O3)[C@@H]2C)OC1C.[Na+]. The van der Waals surface area contributed by atoms with E-state index in [4.69, 9.17) is 37.9 Å². The van der Waals surface area contributed by atoms with E-state index in [9.17, 15) is 24.9 Å². The van der Waals surface area contributed by atoms with Crippen molar-refractivity contribution in [2.75, 3.05) is 13.7 Å². The zero-order valence-corrected chi connectivity index (χ0v) is 41.5. The summed E-state index contributed by atoms with van der Waals surface area (Å²) in [7, 11) is 1.71. The van der Waals surface area contributed by atoms with Crippen molar-refractivity contribution in [3.63, 3.8) is 0 Å². The van der Waals surface area contributed by atoms with Crippen LogP contribution in [0.2, 0.25) is 0 Å². The first kappa shape index (κ1) is 51.5. The molecule has 6 aliphatic heterocycles. The van der Waals surface area contributed by atoms with Crippen molar-refractivity contribution in [2.24, 2.45) is 47.3 Å². The molecule has 4 unspecified atom stereocenters. The molecular weight excluding hydrogens is 795 g/mol. The van der Waals surface area contributed by atoms with Crippen molar-refractivity contribution in [1.29, 1.82) is 0 Å². The van der Waals surface area contributed by atoms with Crippen LogP contribution < -0.4 is 34.7 Å². The largest absolute Gasteiger partial charge is 1.00 e. The number of carbonyl (C=O) groups excluding carboxylic acids is 2. The summed E-state index contributed by atoms with van der Waals surface area (Å²) in [6.45, 7) is 21.4. The third kappa shape index (κ3) is 10.4. The molecule has 0 saturated carbocycles. The van der Waals surface area contributed by atoms with Gasteiger partial charge in [-0.05, 0) is 83.1 Å². The van der Waals surface area contributed by atoms with Gasteiger partial charge in [0.2, 0.25) is 0 Å². The van der Waals surface area contributed by atoms with Crippen LogP contribution in [-0.4, -0.2) is 108 Å². The fourth-order valence-electron chi connectivity index (χ4n) is 11.7. The van der Waals surface area contributed by atoms with Gasteiger partial charge >= 0.3 is 29.6 Å². The zero-order chi connectivity index (χ0) is 44.1. The Morgan fingerprint density at radius 2 is 1.57 bits per heavy atom. The van der Waals surface area contributed by atoms with Crippen LogP contribution in [0.1, 0.15) is 140 Å². The van der Waals surface area contributed by atoms with Gasteiger partial charge in [-0.15, -0.1) is 0 Å². The van der Waals surface area contributed by atoms with Gasteiger partial charge in [0.05, 0.1) is 54.9 Å². The molecule has 0 bridgehead atoms. The number of hydrogen-bond acceptors (Lipinski definition) is 13. The van der Waals surface area contributed by atoms with Crippen LogP contribution in [0.3, 0.4) is 0 Å². The number of methoxy groups -OCH3 is 1. The molecule has 6 saturated heterocycles. The van der Waals surface area contributed by atoms with Crippen LogP contribution in [0.25, 0.3) is 0 Å². The first-order valence-corrected chi connectivity index (χ1v) is 23.1. The van der Waals surface area contributed by atoms with Crippen LogP contribution in [0.4, 0.5) is 0 Å². The molecule has 13 nitrogen and oxygen atoms in total. The van der Waals surface area contributed by atoms with E-state index < -0.39 is 53.7 Å². The molecule has 0 radical (unpaired) electrons. The Bertz CT molecular complexity index is 1550. The van der Waals surface area contributed by atoms with Gasteiger partial charge in [0.1, 0.15) is 0 Å². The van der Waals surface area contributed by atoms with E-state index in [0.29, 0.717) is 44.1 Å². The maximum atomic E-state index is 13.5. The van der Waals surface area contributed by atoms with Crippen molar-refractivity contribution in [1.82, 2.24) is 0 Å². The van der Waals surface area contributed by atoms with Crippen molar-refractivity contribution in [2.45, 2.75) is 212 Å². The van der Waals surface area contributed by atoms with Gasteiger partial charge in [-0.3, -0.25) is 4.79 Å². The molecule has 14 heteroatoms. The molecule has 344 valence electrons. The molecule has 0 aromatic carbocycles. The summed E-state index contributed by atoms with van der Waals surface area (Å²) in [5.41, 5.74) is -0.141. The van der Waals surface area contributed by atoms with Crippen LogP contribution in [0.15, 0.2) is 11.6 Å². The number of aliphatic hydroxyl groups is 2. The molecular formula is C47H77NaO13. The normalized spacial score (nSPS) is 47.2. The second-order valence-electron chi connectivity index (χ2n) is 20.4. The first-order chi connectivity index (χ1) is 28.1. The fraction of sp³-hybridized carbons (Fsp3) is 0.915. The first-order valence-electron chi connectivity index (χ1n) is 23.1. The number of hydrogen-bond donors (Lipinski definition) is 2. The summed E-state index contributed by atoms with van der Waals surface area (Å²) in [6, 6.07) is 0. The van der Waals surface area contributed by atoms with E-state index in [1.807, 2.05) is 19.9 Å². The molecule has 20 atom stereocenters. The second kappa shape index (κ2) is 20.1. The number of Topliss-reactive ketones (excluding diaryl/α,β-unsaturated/α-hetero) is 1. The zero-order valence-electron chi connectivity index (χ0n) is 39.5. The average Bonchev–Trinajstić information content (AvgIpc) is 3.72. The quantitative estimate of drug-likeness (QED) is 0.205. The molecule has 2 spiro atoms. The van der Waals surface area contributed by atoms with E-state index in [0.717, 1.165) is 19.3 Å². The second-order valence-corrected chi connectivity index (χ2v) is 20.4. The van der Waals surface area contributed by atoms with E-state index in [1.54, 1.807) is 27.9 Å². The summed E-state index contributed by atoms with van der Waals surface area (Å²) >= 11 is 0. The topological polar surface area (TPSA) is 171 Å². The minimum absolute atomic E-state index is 0. The van der Waals surface area contributed by atoms with Gasteiger partial charge in [0, 0.05) is 67.8 Å². The van der Waals surface area contributed by atoms with E-state index in [1.165, 1.54) is 0 Å². The monoisotopic (exact) mass is 873 g/mol. The standard InChI is InChI=1S/C47H78O13.Na/c1-25(19-26(2)41(49)27(3)20-29(5)43(50)51)36-23-37(55-40-16-14-35(53-12)34(10)54-40)33(9)46(56-36)18-17-44(11,60-46)39-15-13-30(6)47(58-39)32(8)22-38(57-47)42-28(4)21-31(7)45(52,24-48)59-42;/h19,25,27-40,42,48,52H,13-18,20-24H2,1-12H3,(H,50,51);/q;+1/p-1/b26-19+;/t25-,27+,28-,29-,30+,31+,32-,33+,34?,35?,36-,37+,38+,39?,40?,42-,44-,45-,46+,47+;/m0./s1. The van der Waals surface area contributed by atoms with Crippen molar-refractivity contribution >= 4 is 11.8 Å². The summed E-state index contributed by atoms with van der Waals surface area (Å²) in [5, 5.41) is 32.7. The van der Waals surface area contributed by atoms with E-state index >= 15 is 0 Å². The van der Waals surface area contributed by atoms with E-state index in [-0.39, 0.29) is 120 Å². The van der Waals surface area contributed by atoms with Crippen molar-refractivity contribution in [3.8, 4) is 0 Å². The number of carboxylic acid groups (broad SMARTS) is 1. The van der Waals surface area contributed by atoms with Crippen LogP contribution in [0, 0.1) is 47.3 Å². The predicted octanol–water partition coefficient (Wildman–Crippen LogP) is 2.85. The van der Waals surface area contributed by atoms with Gasteiger partial charge in [-0.2, -0.15) is 0 Å². The number of ketones is 1. The number of carbonyl (C=O) groups is 2. The molecule has 0 aromatic heterocycles. The van der Waals surface area contributed by atoms with Gasteiger partial charge in [0.15, 0.2) is 29.4 Å². The Kier molecular flexibility index (Phi) is 17.0. The van der Waals surface area contributed by atoms with Gasteiger partial charge < -0.3 is 58.0 Å². The number of ether oxygens (including phenoxy) is 8. The molecule has 61 heavy (non-hydrogen) atoms. The Morgan fingerprint density at radius 1 is 0.869 bits per heavy atom. The summed E-state index contributed by atoms with van der Waals surface area (Å²) < 4.78 is 53.9. The Balaban J connectivity index is 0.00000704. The number of allylic oxidation sites excluding steroid dienone is 1. The molecule has 6 rings (SSSR count). The Hall–Kier alpha value is -0.520. The van der Waals surface area contributed by atoms with Crippen LogP contribution in [-0.2, 0) is 47.5 Å².